The molecular weight excluding hydrogens is 448 g/mol. The van der Waals surface area contributed by atoms with E-state index in [2.05, 4.69) is 10.6 Å². The molecule has 5 N–H and O–H groups in total. The second-order valence-electron chi connectivity index (χ2n) is 9.89. The summed E-state index contributed by atoms with van der Waals surface area (Å²) in [6, 6.07) is 5.74. The van der Waals surface area contributed by atoms with Crippen LogP contribution in [0, 0.1) is 11.8 Å². The van der Waals surface area contributed by atoms with E-state index in [0.29, 0.717) is 32.2 Å². The molecule has 1 aliphatic rings. The lowest BCUT2D eigenvalue weighted by molar-refractivity contribution is -0.144. The number of amides is 3. The molecule has 0 spiro atoms. The van der Waals surface area contributed by atoms with Gasteiger partial charge in [-0.1, -0.05) is 64.4 Å². The number of nitrogens with one attached hydrogen (secondary N) is 2. The topological polar surface area (TPSA) is 142 Å². The van der Waals surface area contributed by atoms with Crippen LogP contribution >= 0.6 is 0 Å². The van der Waals surface area contributed by atoms with Crippen LogP contribution in [0.1, 0.15) is 58.9 Å². The van der Waals surface area contributed by atoms with Crippen LogP contribution in [0.25, 0.3) is 0 Å². The Morgan fingerprint density at radius 1 is 1.11 bits per heavy atom. The minimum absolute atomic E-state index is 0.193. The summed E-state index contributed by atoms with van der Waals surface area (Å²) < 4.78 is 0. The first-order chi connectivity index (χ1) is 16.5. The maximum Gasteiger partial charge on any atom is 0.326 e. The average molecular weight is 489 g/mol. The molecule has 1 aliphatic heterocycles. The summed E-state index contributed by atoms with van der Waals surface area (Å²) in [6.45, 7) is 8.01. The molecule has 5 atom stereocenters. The second-order valence-corrected chi connectivity index (χ2v) is 9.89. The van der Waals surface area contributed by atoms with Gasteiger partial charge in [-0.15, -0.1) is 0 Å². The molecule has 9 nitrogen and oxygen atoms in total. The van der Waals surface area contributed by atoms with Gasteiger partial charge in [0.25, 0.3) is 0 Å². The van der Waals surface area contributed by atoms with Crippen LogP contribution in [0.4, 0.5) is 0 Å². The number of carboxylic acid groups (broad SMARTS) is 1. The van der Waals surface area contributed by atoms with E-state index in [4.69, 9.17) is 5.73 Å². The quantitative estimate of drug-likeness (QED) is 0.353. The number of carbonyl (C=O) groups is 4. The van der Waals surface area contributed by atoms with Crippen molar-refractivity contribution in [1.29, 1.82) is 0 Å². The van der Waals surface area contributed by atoms with Gasteiger partial charge in [0, 0.05) is 13.0 Å². The normalized spacial score (nSPS) is 19.0. The molecule has 1 saturated heterocycles. The maximum atomic E-state index is 13.3. The number of nitrogens with two attached hydrogens (primary N) is 1. The van der Waals surface area contributed by atoms with Crippen LogP contribution in [0.15, 0.2) is 30.3 Å². The average Bonchev–Trinajstić information content (AvgIpc) is 3.31. The van der Waals surface area contributed by atoms with E-state index in [9.17, 15) is 24.3 Å². The number of benzene rings is 1. The van der Waals surface area contributed by atoms with Crippen LogP contribution in [0.5, 0.6) is 0 Å². The lowest BCUT2D eigenvalue weighted by Crippen LogP contribution is -2.57. The Morgan fingerprint density at radius 2 is 1.77 bits per heavy atom. The lowest BCUT2D eigenvalue weighted by Gasteiger charge is -2.29. The third-order valence-electron chi connectivity index (χ3n) is 6.57. The fourth-order valence-electron chi connectivity index (χ4n) is 4.39. The van der Waals surface area contributed by atoms with Crippen molar-refractivity contribution >= 4 is 23.7 Å². The summed E-state index contributed by atoms with van der Waals surface area (Å²) in [4.78, 5) is 52.6. The number of carbonyl (C=O) groups excluding carboxylic acids is 3. The molecule has 0 saturated carbocycles. The van der Waals surface area contributed by atoms with Crippen LogP contribution < -0.4 is 16.4 Å². The smallest absolute Gasteiger partial charge is 0.326 e. The minimum atomic E-state index is -1.12. The highest BCUT2D eigenvalue weighted by Gasteiger charge is 2.38. The van der Waals surface area contributed by atoms with Gasteiger partial charge in [0.2, 0.25) is 17.7 Å². The van der Waals surface area contributed by atoms with E-state index in [-0.39, 0.29) is 24.2 Å². The van der Waals surface area contributed by atoms with Gasteiger partial charge < -0.3 is 26.4 Å². The predicted octanol–water partition coefficient (Wildman–Crippen LogP) is 1.69. The highest BCUT2D eigenvalue weighted by Crippen LogP contribution is 2.20. The highest BCUT2D eigenvalue weighted by atomic mass is 16.4. The summed E-state index contributed by atoms with van der Waals surface area (Å²) in [6.07, 6.45) is 2.44. The van der Waals surface area contributed by atoms with E-state index in [1.54, 1.807) is 6.92 Å². The first-order valence-corrected chi connectivity index (χ1v) is 12.5. The van der Waals surface area contributed by atoms with Crippen molar-refractivity contribution in [2.75, 3.05) is 6.54 Å². The molecule has 1 heterocycles. The Bertz CT molecular complexity index is 876. The number of rotatable bonds is 12. The van der Waals surface area contributed by atoms with Gasteiger partial charge in [0.05, 0.1) is 6.04 Å². The zero-order valence-corrected chi connectivity index (χ0v) is 21.2. The number of hydrogen-bond donors (Lipinski definition) is 4. The standard InChI is InChI=1S/C26H40N4O5/c1-5-17(4)22(26(34)35)29-23(31)20(15-18-10-7-6-8-11-18)28-24(32)21-12-9-13-30(21)25(33)19(27)14-16(2)3/h6-8,10-11,16-17,19-22H,5,9,12-15,27H2,1-4H3,(H,28,32)(H,29,31)(H,34,35). The van der Waals surface area contributed by atoms with Gasteiger partial charge in [-0.25, -0.2) is 4.79 Å². The molecule has 5 unspecified atom stereocenters. The molecule has 194 valence electrons. The lowest BCUT2D eigenvalue weighted by atomic mass is 9.98. The number of aliphatic carboxylic acids is 1. The SMILES string of the molecule is CCC(C)C(NC(=O)C(Cc1ccccc1)NC(=O)C1CCCN1C(=O)C(N)CC(C)C)C(=O)O. The second kappa shape index (κ2) is 13.2. The first-order valence-electron chi connectivity index (χ1n) is 12.5. The summed E-state index contributed by atoms with van der Waals surface area (Å²) in [5.74, 6) is -2.42. The minimum Gasteiger partial charge on any atom is -0.480 e. The van der Waals surface area contributed by atoms with Gasteiger partial charge in [0.15, 0.2) is 0 Å². The molecule has 1 aromatic rings. The molecular formula is C26H40N4O5. The molecule has 0 aliphatic carbocycles. The molecule has 0 aromatic heterocycles. The predicted molar refractivity (Wildman–Crippen MR) is 133 cm³/mol. The number of carboxylic acids is 1. The van der Waals surface area contributed by atoms with Gasteiger partial charge in [0.1, 0.15) is 18.1 Å². The van der Waals surface area contributed by atoms with Gasteiger partial charge in [-0.05, 0) is 36.7 Å². The van der Waals surface area contributed by atoms with Crippen molar-refractivity contribution in [2.24, 2.45) is 17.6 Å². The zero-order valence-electron chi connectivity index (χ0n) is 21.2. The van der Waals surface area contributed by atoms with Crippen LogP contribution in [-0.4, -0.2) is 64.4 Å². The molecule has 3 amide bonds. The third-order valence-corrected chi connectivity index (χ3v) is 6.57. The van der Waals surface area contributed by atoms with E-state index < -0.39 is 42.0 Å². The summed E-state index contributed by atoms with van der Waals surface area (Å²) in [7, 11) is 0. The molecule has 1 aromatic carbocycles. The van der Waals surface area contributed by atoms with Crippen molar-refractivity contribution < 1.29 is 24.3 Å². The fraction of sp³-hybridized carbons (Fsp3) is 0.615. The fourth-order valence-corrected chi connectivity index (χ4v) is 4.39. The van der Waals surface area contributed by atoms with Gasteiger partial charge in [-0.3, -0.25) is 14.4 Å². The summed E-state index contributed by atoms with van der Waals surface area (Å²) >= 11 is 0. The van der Waals surface area contributed by atoms with Crippen molar-refractivity contribution in [2.45, 2.75) is 84.0 Å². The molecule has 0 bridgehead atoms. The highest BCUT2D eigenvalue weighted by molar-refractivity contribution is 5.94. The number of likely N-dealkylation sites (tertiary alicyclic amines) is 1. The molecule has 35 heavy (non-hydrogen) atoms. The van der Waals surface area contributed by atoms with Crippen molar-refractivity contribution in [3.05, 3.63) is 35.9 Å². The number of nitrogens with zero attached hydrogens (tertiary/aromatic N) is 1. The largest absolute Gasteiger partial charge is 0.480 e. The summed E-state index contributed by atoms with van der Waals surface area (Å²) in [5.41, 5.74) is 6.91. The monoisotopic (exact) mass is 488 g/mol. The summed E-state index contributed by atoms with van der Waals surface area (Å²) in [5, 5.41) is 15.0. The zero-order chi connectivity index (χ0) is 26.1. The molecule has 1 fully saturated rings. The Kier molecular flexibility index (Phi) is 10.7. The number of hydrogen-bond acceptors (Lipinski definition) is 5. The van der Waals surface area contributed by atoms with Crippen LogP contribution in [0.2, 0.25) is 0 Å². The molecule has 9 heteroatoms. The third kappa shape index (κ3) is 8.06. The van der Waals surface area contributed by atoms with E-state index in [1.807, 2.05) is 51.1 Å². The van der Waals surface area contributed by atoms with Crippen molar-refractivity contribution in [1.82, 2.24) is 15.5 Å². The molecule has 2 rings (SSSR count). The Hall–Kier alpha value is -2.94. The van der Waals surface area contributed by atoms with E-state index in [1.165, 1.54) is 4.90 Å². The van der Waals surface area contributed by atoms with Crippen LogP contribution in [0.3, 0.4) is 0 Å². The van der Waals surface area contributed by atoms with Crippen molar-refractivity contribution in [3.63, 3.8) is 0 Å². The maximum absolute atomic E-state index is 13.3. The Labute approximate surface area is 207 Å². The van der Waals surface area contributed by atoms with Gasteiger partial charge >= 0.3 is 5.97 Å². The Balaban J connectivity index is 2.20. The molecule has 0 radical (unpaired) electrons. The van der Waals surface area contributed by atoms with E-state index in [0.717, 1.165) is 5.56 Å². The van der Waals surface area contributed by atoms with Crippen molar-refractivity contribution in [3.8, 4) is 0 Å². The first kappa shape index (κ1) is 28.3. The van der Waals surface area contributed by atoms with Gasteiger partial charge in [-0.2, -0.15) is 0 Å². The Morgan fingerprint density at radius 3 is 2.34 bits per heavy atom. The van der Waals surface area contributed by atoms with E-state index >= 15 is 0 Å². The van der Waals surface area contributed by atoms with Crippen LogP contribution in [-0.2, 0) is 25.6 Å².